The molecule has 0 radical (unpaired) electrons. The topological polar surface area (TPSA) is 52.9 Å². The first-order chi connectivity index (χ1) is 12.9. The highest BCUT2D eigenvalue weighted by Crippen LogP contribution is 2.28. The van der Waals surface area contributed by atoms with Crippen LogP contribution >= 0.6 is 0 Å². The van der Waals surface area contributed by atoms with Gasteiger partial charge >= 0.3 is 0 Å². The molecule has 134 valence electrons. The van der Waals surface area contributed by atoms with Crippen molar-refractivity contribution in [3.8, 4) is 17.2 Å². The van der Waals surface area contributed by atoms with Crippen molar-refractivity contribution in [1.29, 1.82) is 5.26 Å². The van der Waals surface area contributed by atoms with Gasteiger partial charge < -0.3 is 5.32 Å². The Hall–Kier alpha value is -3.52. The quantitative estimate of drug-likeness (QED) is 0.681. The fraction of sp³-hybridized carbons (Fsp3) is 0.0909. The number of halogens is 2. The van der Waals surface area contributed by atoms with Crippen LogP contribution in [0.2, 0.25) is 0 Å². The third kappa shape index (κ3) is 3.56. The summed E-state index contributed by atoms with van der Waals surface area (Å²) in [5, 5.41) is 12.0. The molecule has 0 bridgehead atoms. The van der Waals surface area contributed by atoms with Crippen LogP contribution in [0.4, 0.5) is 14.5 Å². The summed E-state index contributed by atoms with van der Waals surface area (Å²) in [6.45, 7) is 3.48. The lowest BCUT2D eigenvalue weighted by Gasteiger charge is -2.12. The van der Waals surface area contributed by atoms with Crippen LogP contribution in [-0.4, -0.2) is 5.91 Å². The van der Waals surface area contributed by atoms with Crippen LogP contribution in [0.5, 0.6) is 0 Å². The average Bonchev–Trinajstić information content (AvgIpc) is 2.64. The third-order valence-electron chi connectivity index (χ3n) is 4.35. The molecule has 0 unspecified atom stereocenters. The highest BCUT2D eigenvalue weighted by molar-refractivity contribution is 6.07. The van der Waals surface area contributed by atoms with Gasteiger partial charge in [-0.1, -0.05) is 30.3 Å². The van der Waals surface area contributed by atoms with E-state index in [9.17, 15) is 18.8 Å². The molecule has 0 spiro atoms. The van der Waals surface area contributed by atoms with Crippen molar-refractivity contribution in [1.82, 2.24) is 0 Å². The molecule has 3 rings (SSSR count). The zero-order chi connectivity index (χ0) is 19.6. The van der Waals surface area contributed by atoms with Crippen molar-refractivity contribution < 1.29 is 13.6 Å². The number of carbonyl (C=O) groups is 1. The molecule has 1 amide bonds. The lowest BCUT2D eigenvalue weighted by molar-refractivity contribution is 0.102. The number of benzene rings is 3. The van der Waals surface area contributed by atoms with Gasteiger partial charge in [0.15, 0.2) is 0 Å². The Morgan fingerprint density at radius 1 is 0.926 bits per heavy atom. The Morgan fingerprint density at radius 2 is 1.59 bits per heavy atom. The summed E-state index contributed by atoms with van der Waals surface area (Å²) < 4.78 is 28.4. The molecule has 3 aromatic rings. The van der Waals surface area contributed by atoms with Crippen LogP contribution < -0.4 is 5.32 Å². The Balaban J connectivity index is 1.93. The summed E-state index contributed by atoms with van der Waals surface area (Å²) in [7, 11) is 0. The molecule has 0 aliphatic rings. The van der Waals surface area contributed by atoms with Gasteiger partial charge in [-0.2, -0.15) is 5.26 Å². The van der Waals surface area contributed by atoms with Gasteiger partial charge in [0.25, 0.3) is 5.91 Å². The minimum atomic E-state index is -0.653. The van der Waals surface area contributed by atoms with Gasteiger partial charge in [0.1, 0.15) is 17.7 Å². The van der Waals surface area contributed by atoms with E-state index in [0.717, 1.165) is 6.07 Å². The molecule has 0 fully saturated rings. The van der Waals surface area contributed by atoms with E-state index in [4.69, 9.17) is 0 Å². The molecule has 3 nitrogen and oxygen atoms in total. The van der Waals surface area contributed by atoms with E-state index in [1.54, 1.807) is 32.0 Å². The Morgan fingerprint density at radius 3 is 2.26 bits per heavy atom. The minimum Gasteiger partial charge on any atom is -0.322 e. The fourth-order valence-corrected chi connectivity index (χ4v) is 2.93. The summed E-state index contributed by atoms with van der Waals surface area (Å²) in [6, 6.07) is 15.5. The summed E-state index contributed by atoms with van der Waals surface area (Å²) in [5.41, 5.74) is 2.37. The number of rotatable bonds is 3. The van der Waals surface area contributed by atoms with Crippen LogP contribution in [0.1, 0.15) is 27.0 Å². The van der Waals surface area contributed by atoms with Crippen molar-refractivity contribution in [2.75, 3.05) is 5.32 Å². The molecular weight excluding hydrogens is 346 g/mol. The third-order valence-corrected chi connectivity index (χ3v) is 4.35. The molecule has 0 aliphatic carbocycles. The van der Waals surface area contributed by atoms with Crippen molar-refractivity contribution in [3.05, 3.63) is 88.5 Å². The first-order valence-corrected chi connectivity index (χ1v) is 8.28. The predicted molar refractivity (Wildman–Crippen MR) is 100 cm³/mol. The van der Waals surface area contributed by atoms with Crippen LogP contribution in [0.25, 0.3) is 11.1 Å². The number of aryl methyl sites for hydroxylation is 2. The summed E-state index contributed by atoms with van der Waals surface area (Å²) >= 11 is 0. The molecule has 5 heteroatoms. The van der Waals surface area contributed by atoms with Crippen molar-refractivity contribution in [2.24, 2.45) is 0 Å². The zero-order valence-electron chi connectivity index (χ0n) is 14.8. The SMILES string of the molecule is Cc1ccc(C)c(C(=O)Nc2ccc(-c3ccccc3F)c(F)c2)c1C#N. The van der Waals surface area contributed by atoms with Gasteiger partial charge in [0, 0.05) is 16.8 Å². The smallest absolute Gasteiger partial charge is 0.257 e. The largest absolute Gasteiger partial charge is 0.322 e. The van der Waals surface area contributed by atoms with E-state index in [0.29, 0.717) is 11.1 Å². The number of anilines is 1. The van der Waals surface area contributed by atoms with Crippen LogP contribution in [-0.2, 0) is 0 Å². The molecule has 27 heavy (non-hydrogen) atoms. The average molecular weight is 362 g/mol. The van der Waals surface area contributed by atoms with E-state index in [-0.39, 0.29) is 27.9 Å². The monoisotopic (exact) mass is 362 g/mol. The van der Waals surface area contributed by atoms with Crippen LogP contribution in [0.15, 0.2) is 54.6 Å². The molecule has 0 saturated carbocycles. The van der Waals surface area contributed by atoms with E-state index < -0.39 is 17.5 Å². The summed E-state index contributed by atoms with van der Waals surface area (Å²) in [6.07, 6.45) is 0. The summed E-state index contributed by atoms with van der Waals surface area (Å²) in [5.74, 6) is -1.67. The Bertz CT molecular complexity index is 1080. The van der Waals surface area contributed by atoms with Crippen LogP contribution in [0.3, 0.4) is 0 Å². The number of hydrogen-bond acceptors (Lipinski definition) is 2. The van der Waals surface area contributed by atoms with Crippen molar-refractivity contribution in [2.45, 2.75) is 13.8 Å². The number of nitrogens with one attached hydrogen (secondary N) is 1. The molecule has 0 aromatic heterocycles. The highest BCUT2D eigenvalue weighted by atomic mass is 19.1. The predicted octanol–water partition coefficient (Wildman–Crippen LogP) is 5.37. The minimum absolute atomic E-state index is 0.107. The van der Waals surface area contributed by atoms with Gasteiger partial charge in [-0.3, -0.25) is 4.79 Å². The van der Waals surface area contributed by atoms with Gasteiger partial charge in [-0.05, 0) is 49.2 Å². The molecule has 0 aliphatic heterocycles. The molecule has 1 N–H and O–H groups in total. The number of carbonyl (C=O) groups excluding carboxylic acids is 1. The number of nitrogens with zero attached hydrogens (tertiary/aromatic N) is 1. The summed E-state index contributed by atoms with van der Waals surface area (Å²) in [4.78, 5) is 12.6. The molecule has 3 aromatic carbocycles. The van der Waals surface area contributed by atoms with Gasteiger partial charge in [0.05, 0.1) is 11.1 Å². The first kappa shape index (κ1) is 18.3. The highest BCUT2D eigenvalue weighted by Gasteiger charge is 2.17. The Labute approximate surface area is 155 Å². The normalized spacial score (nSPS) is 10.3. The van der Waals surface area contributed by atoms with Gasteiger partial charge in [-0.15, -0.1) is 0 Å². The van der Waals surface area contributed by atoms with Crippen LogP contribution in [0, 0.1) is 36.8 Å². The second-order valence-corrected chi connectivity index (χ2v) is 6.19. The molecule has 0 atom stereocenters. The van der Waals surface area contributed by atoms with E-state index >= 15 is 0 Å². The second-order valence-electron chi connectivity index (χ2n) is 6.19. The fourth-order valence-electron chi connectivity index (χ4n) is 2.93. The number of amides is 1. The molecule has 0 saturated heterocycles. The van der Waals surface area contributed by atoms with Gasteiger partial charge in [-0.25, -0.2) is 8.78 Å². The van der Waals surface area contributed by atoms with Crippen molar-refractivity contribution in [3.63, 3.8) is 0 Å². The lowest BCUT2D eigenvalue weighted by Crippen LogP contribution is -2.16. The number of hydrogen-bond donors (Lipinski definition) is 1. The van der Waals surface area contributed by atoms with E-state index in [2.05, 4.69) is 5.32 Å². The standard InChI is InChI=1S/C22H16F2N2O/c1-13-7-8-14(2)21(18(13)12-25)22(27)26-15-9-10-17(20(24)11-15)16-5-3-4-6-19(16)23/h3-11H,1-2H3,(H,26,27). The van der Waals surface area contributed by atoms with Gasteiger partial charge in [0.2, 0.25) is 0 Å². The zero-order valence-corrected chi connectivity index (χ0v) is 14.8. The second kappa shape index (κ2) is 7.38. The van der Waals surface area contributed by atoms with E-state index in [1.165, 1.54) is 30.3 Å². The lowest BCUT2D eigenvalue weighted by atomic mass is 9.97. The van der Waals surface area contributed by atoms with E-state index in [1.807, 2.05) is 6.07 Å². The first-order valence-electron chi connectivity index (χ1n) is 8.28. The maximum atomic E-state index is 14.5. The maximum absolute atomic E-state index is 14.5. The molecule has 0 heterocycles. The maximum Gasteiger partial charge on any atom is 0.257 e. The number of nitriles is 1. The van der Waals surface area contributed by atoms with Crippen molar-refractivity contribution >= 4 is 11.6 Å². The molecular formula is C22H16F2N2O. The Kier molecular flexibility index (Phi) is 5.00.